The van der Waals surface area contributed by atoms with Crippen LogP contribution in [0.3, 0.4) is 0 Å². The first kappa shape index (κ1) is 19.2. The number of carbonyl (C=O) groups excluding carboxylic acids is 1. The van der Waals surface area contributed by atoms with Crippen LogP contribution >= 0.6 is 0 Å². The van der Waals surface area contributed by atoms with Crippen LogP contribution < -0.4 is 15.6 Å². The Morgan fingerprint density at radius 3 is 2.61 bits per heavy atom. The van der Waals surface area contributed by atoms with Crippen LogP contribution in [0, 0.1) is 12.7 Å². The highest BCUT2D eigenvalue weighted by Crippen LogP contribution is 2.30. The summed E-state index contributed by atoms with van der Waals surface area (Å²) in [7, 11) is 0. The maximum atomic E-state index is 13.7. The molecule has 0 atom stereocenters. The molecule has 3 aromatic rings. The zero-order valence-corrected chi connectivity index (χ0v) is 15.2. The van der Waals surface area contributed by atoms with Gasteiger partial charge in [-0.15, -0.1) is 0 Å². The zero-order chi connectivity index (χ0) is 20.1. The standard InChI is InChI=1S/C21H19FN2O4/c1-14-11-16(25)13-21(27)24(14)10-9-20(26)23-18-12-15(22)7-8-19(18)28-17-5-3-2-4-6-17/h2-8,11-13,25H,9-10H2,1H3,(H,23,26). The van der Waals surface area contributed by atoms with Crippen molar-refractivity contribution in [3.8, 4) is 17.2 Å². The predicted molar refractivity (Wildman–Crippen MR) is 103 cm³/mol. The van der Waals surface area contributed by atoms with E-state index in [0.717, 1.165) is 6.07 Å². The fourth-order valence-corrected chi connectivity index (χ4v) is 2.73. The second kappa shape index (κ2) is 8.39. The summed E-state index contributed by atoms with van der Waals surface area (Å²) in [6, 6.07) is 15.3. The fraction of sp³-hybridized carbons (Fsp3) is 0.143. The maximum Gasteiger partial charge on any atom is 0.254 e. The molecule has 0 unspecified atom stereocenters. The summed E-state index contributed by atoms with van der Waals surface area (Å²) >= 11 is 0. The van der Waals surface area contributed by atoms with Gasteiger partial charge in [0.15, 0.2) is 5.75 Å². The molecule has 0 saturated heterocycles. The molecule has 0 aliphatic carbocycles. The number of amides is 1. The Morgan fingerprint density at radius 1 is 1.14 bits per heavy atom. The number of nitrogens with one attached hydrogen (secondary N) is 1. The zero-order valence-electron chi connectivity index (χ0n) is 15.2. The van der Waals surface area contributed by atoms with Gasteiger partial charge in [0.05, 0.1) is 5.69 Å². The number of hydrogen-bond acceptors (Lipinski definition) is 4. The van der Waals surface area contributed by atoms with Crippen molar-refractivity contribution in [2.45, 2.75) is 19.9 Å². The summed E-state index contributed by atoms with van der Waals surface area (Å²) in [5, 5.41) is 12.0. The molecule has 1 heterocycles. The fourth-order valence-electron chi connectivity index (χ4n) is 2.73. The molecule has 1 aromatic heterocycles. The van der Waals surface area contributed by atoms with E-state index in [9.17, 15) is 19.1 Å². The van der Waals surface area contributed by atoms with Crippen LogP contribution in [0.4, 0.5) is 10.1 Å². The smallest absolute Gasteiger partial charge is 0.254 e. The average Bonchev–Trinajstić information content (AvgIpc) is 2.64. The lowest BCUT2D eigenvalue weighted by Gasteiger charge is -2.13. The molecule has 0 aliphatic rings. The van der Waals surface area contributed by atoms with Gasteiger partial charge in [-0.3, -0.25) is 9.59 Å². The third-order valence-corrected chi connectivity index (χ3v) is 4.07. The van der Waals surface area contributed by atoms with E-state index >= 15 is 0 Å². The van der Waals surface area contributed by atoms with E-state index in [1.54, 1.807) is 31.2 Å². The van der Waals surface area contributed by atoms with E-state index in [4.69, 9.17) is 4.74 Å². The molecule has 0 spiro atoms. The minimum atomic E-state index is -0.513. The number of rotatable bonds is 6. The van der Waals surface area contributed by atoms with Gasteiger partial charge in [0.1, 0.15) is 17.3 Å². The second-order valence-electron chi connectivity index (χ2n) is 6.20. The van der Waals surface area contributed by atoms with E-state index in [1.807, 2.05) is 6.07 Å². The van der Waals surface area contributed by atoms with Crippen molar-refractivity contribution >= 4 is 11.6 Å². The summed E-state index contributed by atoms with van der Waals surface area (Å²) < 4.78 is 20.8. The highest BCUT2D eigenvalue weighted by Gasteiger charge is 2.12. The van der Waals surface area contributed by atoms with E-state index in [0.29, 0.717) is 17.2 Å². The van der Waals surface area contributed by atoms with Crippen LogP contribution in [-0.2, 0) is 11.3 Å². The number of anilines is 1. The molecule has 1 amide bonds. The first-order valence-electron chi connectivity index (χ1n) is 8.65. The van der Waals surface area contributed by atoms with Crippen molar-refractivity contribution < 1.29 is 19.0 Å². The number of benzene rings is 2. The molecule has 7 heteroatoms. The number of ether oxygens (including phenoxy) is 1. The molecule has 0 bridgehead atoms. The molecule has 6 nitrogen and oxygen atoms in total. The largest absolute Gasteiger partial charge is 0.508 e. The van der Waals surface area contributed by atoms with Crippen molar-refractivity contribution in [3.63, 3.8) is 0 Å². The van der Waals surface area contributed by atoms with Gasteiger partial charge in [-0.1, -0.05) is 18.2 Å². The van der Waals surface area contributed by atoms with E-state index in [-0.39, 0.29) is 24.4 Å². The van der Waals surface area contributed by atoms with Crippen LogP contribution in [0.2, 0.25) is 0 Å². The highest BCUT2D eigenvalue weighted by atomic mass is 19.1. The van der Waals surface area contributed by atoms with Crippen LogP contribution in [0.15, 0.2) is 65.5 Å². The molecule has 3 rings (SSSR count). The van der Waals surface area contributed by atoms with E-state index in [2.05, 4.69) is 5.32 Å². The number of aromatic hydroxyl groups is 1. The van der Waals surface area contributed by atoms with Crippen LogP contribution in [0.25, 0.3) is 0 Å². The van der Waals surface area contributed by atoms with Crippen molar-refractivity contribution in [2.24, 2.45) is 0 Å². The number of halogens is 1. The third kappa shape index (κ3) is 4.76. The van der Waals surface area contributed by atoms with Gasteiger partial charge in [-0.2, -0.15) is 0 Å². The van der Waals surface area contributed by atoms with E-state index in [1.165, 1.54) is 28.8 Å². The second-order valence-corrected chi connectivity index (χ2v) is 6.20. The first-order valence-corrected chi connectivity index (χ1v) is 8.65. The van der Waals surface area contributed by atoms with Gasteiger partial charge >= 0.3 is 0 Å². The van der Waals surface area contributed by atoms with Crippen molar-refractivity contribution in [1.29, 1.82) is 0 Å². The Balaban J connectivity index is 1.72. The Bertz CT molecular complexity index is 1050. The van der Waals surface area contributed by atoms with Crippen LogP contribution in [0.5, 0.6) is 17.2 Å². The monoisotopic (exact) mass is 382 g/mol. The number of nitrogens with zero attached hydrogens (tertiary/aromatic N) is 1. The molecular weight excluding hydrogens is 363 g/mol. The van der Waals surface area contributed by atoms with Gasteiger partial charge < -0.3 is 19.7 Å². The number of aromatic nitrogens is 1. The van der Waals surface area contributed by atoms with Crippen molar-refractivity contribution in [3.05, 3.63) is 82.5 Å². The number of aryl methyl sites for hydroxylation is 1. The lowest BCUT2D eigenvalue weighted by Crippen LogP contribution is -2.24. The van der Waals surface area contributed by atoms with Gasteiger partial charge in [0.25, 0.3) is 5.56 Å². The SMILES string of the molecule is Cc1cc(O)cc(=O)n1CCC(=O)Nc1cc(F)ccc1Oc1ccccc1. The average molecular weight is 382 g/mol. The van der Waals surface area contributed by atoms with Gasteiger partial charge in [-0.25, -0.2) is 4.39 Å². The Labute approximate surface area is 160 Å². The third-order valence-electron chi connectivity index (χ3n) is 4.07. The molecule has 2 aromatic carbocycles. The predicted octanol–water partition coefficient (Wildman–Crippen LogP) is 3.82. The Morgan fingerprint density at radius 2 is 1.89 bits per heavy atom. The Hall–Kier alpha value is -3.61. The quantitative estimate of drug-likeness (QED) is 0.679. The molecule has 0 fully saturated rings. The molecule has 0 saturated carbocycles. The number of para-hydroxylation sites is 1. The number of carbonyl (C=O) groups is 1. The normalized spacial score (nSPS) is 10.5. The van der Waals surface area contributed by atoms with Crippen LogP contribution in [0.1, 0.15) is 12.1 Å². The molecular formula is C21H19FN2O4. The summed E-state index contributed by atoms with van der Waals surface area (Å²) in [5.74, 6) is -0.176. The number of hydrogen-bond donors (Lipinski definition) is 2. The minimum absolute atomic E-state index is 0.00713. The van der Waals surface area contributed by atoms with Gasteiger partial charge in [0, 0.05) is 30.8 Å². The molecule has 28 heavy (non-hydrogen) atoms. The Kier molecular flexibility index (Phi) is 5.74. The summed E-state index contributed by atoms with van der Waals surface area (Å²) in [4.78, 5) is 24.3. The topological polar surface area (TPSA) is 80.6 Å². The lowest BCUT2D eigenvalue weighted by molar-refractivity contribution is -0.116. The lowest BCUT2D eigenvalue weighted by atomic mass is 10.2. The molecule has 0 radical (unpaired) electrons. The highest BCUT2D eigenvalue weighted by molar-refractivity contribution is 5.92. The first-order chi connectivity index (χ1) is 13.4. The summed E-state index contributed by atoms with van der Waals surface area (Å²) in [5.41, 5.74) is 0.337. The van der Waals surface area contributed by atoms with Gasteiger partial charge in [0.2, 0.25) is 5.91 Å². The summed E-state index contributed by atoms with van der Waals surface area (Å²) in [6.45, 7) is 1.79. The minimum Gasteiger partial charge on any atom is -0.508 e. The molecule has 144 valence electrons. The van der Waals surface area contributed by atoms with Crippen molar-refractivity contribution in [2.75, 3.05) is 5.32 Å². The van der Waals surface area contributed by atoms with Crippen molar-refractivity contribution in [1.82, 2.24) is 4.57 Å². The molecule has 2 N–H and O–H groups in total. The number of pyridine rings is 1. The van der Waals surface area contributed by atoms with Crippen LogP contribution in [-0.4, -0.2) is 15.6 Å². The maximum absolute atomic E-state index is 13.7. The van der Waals surface area contributed by atoms with Gasteiger partial charge in [-0.05, 0) is 37.3 Å². The van der Waals surface area contributed by atoms with E-state index < -0.39 is 17.3 Å². The summed E-state index contributed by atoms with van der Waals surface area (Å²) in [6.07, 6.45) is -0.00713. The molecule has 0 aliphatic heterocycles.